The highest BCUT2D eigenvalue weighted by Gasteiger charge is 2.44. The van der Waals surface area contributed by atoms with Crippen LogP contribution in [0.2, 0.25) is 0 Å². The third-order valence-corrected chi connectivity index (χ3v) is 6.34. The summed E-state index contributed by atoms with van der Waals surface area (Å²) in [6.45, 7) is 2.95. The number of carbonyl (C=O) groups excluding carboxylic acids is 1. The van der Waals surface area contributed by atoms with Gasteiger partial charge in [-0.05, 0) is 55.7 Å². The quantitative estimate of drug-likeness (QED) is 0.322. The Balaban J connectivity index is 1.43. The van der Waals surface area contributed by atoms with Crippen LogP contribution in [0.15, 0.2) is 102 Å². The molecule has 1 unspecified atom stereocenters. The number of anilines is 1. The number of nitrogens with one attached hydrogen (secondary N) is 1. The number of amides is 1. The van der Waals surface area contributed by atoms with E-state index in [4.69, 9.17) is 9.15 Å². The molecule has 0 spiro atoms. The number of nitrogens with zero attached hydrogens (tertiary/aromatic N) is 1. The lowest BCUT2D eigenvalue weighted by atomic mass is 9.92. The number of carbonyl (C=O) groups is 1. The molecule has 3 aromatic carbocycles. The van der Waals surface area contributed by atoms with Crippen LogP contribution in [0.25, 0.3) is 0 Å². The first-order valence-electron chi connectivity index (χ1n) is 11.6. The summed E-state index contributed by atoms with van der Waals surface area (Å²) < 4.78 is 11.9. The molecule has 5 rings (SSSR count). The van der Waals surface area contributed by atoms with Crippen molar-refractivity contribution in [1.29, 1.82) is 0 Å². The molecule has 34 heavy (non-hydrogen) atoms. The molecule has 1 aliphatic rings. The van der Waals surface area contributed by atoms with Gasteiger partial charge >= 0.3 is 0 Å². The van der Waals surface area contributed by atoms with Crippen LogP contribution in [0.3, 0.4) is 0 Å². The minimum absolute atomic E-state index is 0.0490. The number of para-hydroxylation sites is 2. The van der Waals surface area contributed by atoms with Crippen molar-refractivity contribution in [1.82, 2.24) is 4.90 Å². The van der Waals surface area contributed by atoms with E-state index >= 15 is 0 Å². The zero-order valence-electron chi connectivity index (χ0n) is 19.2. The van der Waals surface area contributed by atoms with Crippen LogP contribution < -0.4 is 10.1 Å². The monoisotopic (exact) mass is 452 g/mol. The van der Waals surface area contributed by atoms with E-state index < -0.39 is 5.66 Å². The second-order valence-corrected chi connectivity index (χ2v) is 8.65. The molecule has 1 aliphatic heterocycles. The maximum Gasteiger partial charge on any atom is 0.258 e. The summed E-state index contributed by atoms with van der Waals surface area (Å²) in [5, 5.41) is 3.62. The smallest absolute Gasteiger partial charge is 0.258 e. The van der Waals surface area contributed by atoms with Gasteiger partial charge in [0.15, 0.2) is 0 Å². The first-order valence-corrected chi connectivity index (χ1v) is 11.6. The average Bonchev–Trinajstić information content (AvgIpc) is 3.39. The number of fused-ring (bicyclic) bond motifs is 1. The average molecular weight is 453 g/mol. The Morgan fingerprint density at radius 2 is 1.68 bits per heavy atom. The zero-order chi connectivity index (χ0) is 23.4. The Labute approximate surface area is 200 Å². The second-order valence-electron chi connectivity index (χ2n) is 8.65. The number of hydrogen-bond donors (Lipinski definition) is 1. The maximum absolute atomic E-state index is 13.7. The van der Waals surface area contributed by atoms with E-state index in [0.29, 0.717) is 18.7 Å². The van der Waals surface area contributed by atoms with Crippen molar-refractivity contribution in [3.05, 3.63) is 120 Å². The van der Waals surface area contributed by atoms with E-state index in [0.717, 1.165) is 35.6 Å². The molecule has 5 nitrogen and oxygen atoms in total. The molecule has 2 heterocycles. The summed E-state index contributed by atoms with van der Waals surface area (Å²) in [7, 11) is 0. The summed E-state index contributed by atoms with van der Waals surface area (Å²) in [6, 6.07) is 29.7. The largest absolute Gasteiger partial charge is 0.493 e. The Morgan fingerprint density at radius 3 is 2.50 bits per heavy atom. The predicted octanol–water partition coefficient (Wildman–Crippen LogP) is 6.23. The summed E-state index contributed by atoms with van der Waals surface area (Å²) >= 11 is 0. The topological polar surface area (TPSA) is 54.7 Å². The molecule has 5 heteroatoms. The number of rotatable bonds is 8. The van der Waals surface area contributed by atoms with E-state index in [9.17, 15) is 4.79 Å². The van der Waals surface area contributed by atoms with Crippen molar-refractivity contribution < 1.29 is 13.9 Å². The fourth-order valence-electron chi connectivity index (χ4n) is 4.56. The number of aryl methyl sites for hydroxylation is 1. The minimum atomic E-state index is -0.825. The molecule has 0 bridgehead atoms. The molecule has 4 aromatic rings. The molecular weight excluding hydrogens is 424 g/mol. The van der Waals surface area contributed by atoms with Crippen LogP contribution in [0.4, 0.5) is 5.69 Å². The molecule has 1 N–H and O–H groups in total. The minimum Gasteiger partial charge on any atom is -0.493 e. The molecule has 172 valence electrons. The van der Waals surface area contributed by atoms with Gasteiger partial charge in [-0.1, -0.05) is 60.7 Å². The molecule has 0 saturated heterocycles. The third kappa shape index (κ3) is 4.29. The van der Waals surface area contributed by atoms with Crippen LogP contribution >= 0.6 is 0 Å². The van der Waals surface area contributed by atoms with Crippen LogP contribution in [-0.4, -0.2) is 17.4 Å². The van der Waals surface area contributed by atoms with E-state index in [2.05, 4.69) is 29.6 Å². The lowest BCUT2D eigenvalue weighted by Gasteiger charge is -2.46. The summed E-state index contributed by atoms with van der Waals surface area (Å²) in [6.07, 6.45) is 3.49. The van der Waals surface area contributed by atoms with Gasteiger partial charge in [-0.2, -0.15) is 0 Å². The SMILES string of the molecule is CC1(c2ccccc2OCCCc2ccccc2)Nc2ccccc2C(=O)N1Cc1ccco1. The molecular formula is C29H28N2O3. The van der Waals surface area contributed by atoms with Gasteiger partial charge in [0.05, 0.1) is 25.0 Å². The van der Waals surface area contributed by atoms with Crippen LogP contribution in [0, 0.1) is 0 Å². The van der Waals surface area contributed by atoms with Crippen molar-refractivity contribution in [3.8, 4) is 5.75 Å². The Kier molecular flexibility index (Phi) is 6.09. The van der Waals surface area contributed by atoms with Crippen molar-refractivity contribution in [2.45, 2.75) is 32.0 Å². The molecule has 0 aliphatic carbocycles. The summed E-state index contributed by atoms with van der Waals surface area (Å²) in [4.78, 5) is 15.5. The summed E-state index contributed by atoms with van der Waals surface area (Å²) in [5.74, 6) is 1.44. The highest BCUT2D eigenvalue weighted by Crippen LogP contribution is 2.42. The number of hydrogen-bond acceptors (Lipinski definition) is 4. The first kappa shape index (κ1) is 21.8. The van der Waals surface area contributed by atoms with E-state index in [1.807, 2.05) is 78.6 Å². The third-order valence-electron chi connectivity index (χ3n) is 6.34. The standard InChI is InChI=1S/C29H28N2O3/c1-29(25-16-6-8-18-27(25)34-20-9-13-22-11-3-2-4-12-22)30-26-17-7-5-15-24(26)28(32)31(29)21-23-14-10-19-33-23/h2-8,10-12,14-19,30H,9,13,20-21H2,1H3. The Hall–Kier alpha value is -3.99. The lowest BCUT2D eigenvalue weighted by Crippen LogP contribution is -2.55. The lowest BCUT2D eigenvalue weighted by molar-refractivity contribution is 0.0480. The van der Waals surface area contributed by atoms with Gasteiger partial charge < -0.3 is 19.4 Å². The summed E-state index contributed by atoms with van der Waals surface area (Å²) in [5.41, 5.74) is 2.84. The highest BCUT2D eigenvalue weighted by atomic mass is 16.5. The highest BCUT2D eigenvalue weighted by molar-refractivity contribution is 6.02. The van der Waals surface area contributed by atoms with E-state index in [1.54, 1.807) is 6.26 Å². The molecule has 1 amide bonds. The second kappa shape index (κ2) is 9.48. The molecule has 1 aromatic heterocycles. The van der Waals surface area contributed by atoms with Gasteiger partial charge in [0.25, 0.3) is 5.91 Å². The van der Waals surface area contributed by atoms with Gasteiger partial charge in [0.2, 0.25) is 0 Å². The zero-order valence-corrected chi connectivity index (χ0v) is 19.2. The maximum atomic E-state index is 13.7. The predicted molar refractivity (Wildman–Crippen MR) is 133 cm³/mol. The van der Waals surface area contributed by atoms with Gasteiger partial charge in [-0.15, -0.1) is 0 Å². The van der Waals surface area contributed by atoms with E-state index in [1.165, 1.54) is 5.56 Å². The van der Waals surface area contributed by atoms with Crippen molar-refractivity contribution in [2.24, 2.45) is 0 Å². The normalized spacial score (nSPS) is 17.2. The van der Waals surface area contributed by atoms with Crippen LogP contribution in [-0.2, 0) is 18.6 Å². The van der Waals surface area contributed by atoms with Crippen molar-refractivity contribution in [3.63, 3.8) is 0 Å². The molecule has 0 saturated carbocycles. The van der Waals surface area contributed by atoms with Gasteiger partial charge in [-0.3, -0.25) is 4.79 Å². The van der Waals surface area contributed by atoms with E-state index in [-0.39, 0.29) is 5.91 Å². The van der Waals surface area contributed by atoms with Crippen molar-refractivity contribution >= 4 is 11.6 Å². The van der Waals surface area contributed by atoms with Gasteiger partial charge in [0.1, 0.15) is 17.2 Å². The Morgan fingerprint density at radius 1 is 0.912 bits per heavy atom. The molecule has 0 fully saturated rings. The fourth-order valence-corrected chi connectivity index (χ4v) is 4.56. The Bertz CT molecular complexity index is 1250. The number of furan rings is 1. The van der Waals surface area contributed by atoms with Crippen molar-refractivity contribution in [2.75, 3.05) is 11.9 Å². The van der Waals surface area contributed by atoms with Crippen LogP contribution in [0.1, 0.15) is 40.6 Å². The number of benzene rings is 3. The molecule has 0 radical (unpaired) electrons. The van der Waals surface area contributed by atoms with Gasteiger partial charge in [-0.25, -0.2) is 0 Å². The van der Waals surface area contributed by atoms with Gasteiger partial charge in [0, 0.05) is 11.3 Å². The van der Waals surface area contributed by atoms with Crippen LogP contribution in [0.5, 0.6) is 5.75 Å². The molecule has 1 atom stereocenters. The number of ether oxygens (including phenoxy) is 1. The first-order chi connectivity index (χ1) is 16.6. The fraction of sp³-hybridized carbons (Fsp3) is 0.207.